The number of hydrogen-bond acceptors (Lipinski definition) is 4. The lowest BCUT2D eigenvalue weighted by Crippen LogP contribution is -2.23. The average Bonchev–Trinajstić information content (AvgIpc) is 3.06. The fourth-order valence-electron chi connectivity index (χ4n) is 3.68. The molecular formula is C19H22N2O3. The molecule has 2 aliphatic rings. The van der Waals surface area contributed by atoms with Gasteiger partial charge in [-0.05, 0) is 48.4 Å². The van der Waals surface area contributed by atoms with Crippen LogP contribution < -0.4 is 15.0 Å². The highest BCUT2D eigenvalue weighted by Crippen LogP contribution is 2.39. The van der Waals surface area contributed by atoms with E-state index in [1.165, 1.54) is 23.6 Å². The molecule has 2 aromatic rings. The number of aryl methyl sites for hydroxylation is 2. The predicted molar refractivity (Wildman–Crippen MR) is 90.9 cm³/mol. The molecule has 5 nitrogen and oxygen atoms in total. The van der Waals surface area contributed by atoms with E-state index in [1.54, 1.807) is 0 Å². The van der Waals surface area contributed by atoms with Crippen LogP contribution in [-0.2, 0) is 18.4 Å². The lowest BCUT2D eigenvalue weighted by atomic mass is 9.87. The number of benzene rings is 1. The number of hydrogen-bond donors (Lipinski definition) is 0. The van der Waals surface area contributed by atoms with Crippen LogP contribution in [0.15, 0.2) is 29.1 Å². The molecule has 24 heavy (non-hydrogen) atoms. The molecule has 0 unspecified atom stereocenters. The summed E-state index contributed by atoms with van der Waals surface area (Å²) in [4.78, 5) is 15.4. The summed E-state index contributed by atoms with van der Waals surface area (Å²) >= 11 is 0. The maximum absolute atomic E-state index is 11.5. The van der Waals surface area contributed by atoms with Gasteiger partial charge in [-0.1, -0.05) is 19.9 Å². The van der Waals surface area contributed by atoms with E-state index in [4.69, 9.17) is 9.47 Å². The zero-order valence-corrected chi connectivity index (χ0v) is 14.3. The molecule has 1 atom stereocenters. The molecular weight excluding hydrogens is 304 g/mol. The van der Waals surface area contributed by atoms with Crippen LogP contribution >= 0.6 is 0 Å². The first-order chi connectivity index (χ1) is 11.4. The Labute approximate surface area is 141 Å². The van der Waals surface area contributed by atoms with Crippen LogP contribution in [0.25, 0.3) is 0 Å². The Kier molecular flexibility index (Phi) is 3.41. The van der Waals surface area contributed by atoms with Crippen LogP contribution in [0.4, 0.5) is 0 Å². The molecule has 1 aliphatic heterocycles. The molecule has 0 saturated heterocycles. The molecule has 0 amide bonds. The third-order valence-corrected chi connectivity index (χ3v) is 5.11. The topological polar surface area (TPSA) is 53.4 Å². The van der Waals surface area contributed by atoms with E-state index in [-0.39, 0.29) is 17.1 Å². The molecule has 4 rings (SSSR count). The van der Waals surface area contributed by atoms with E-state index in [0.717, 1.165) is 17.9 Å². The number of rotatable bonds is 3. The van der Waals surface area contributed by atoms with Crippen molar-refractivity contribution < 1.29 is 9.47 Å². The van der Waals surface area contributed by atoms with Crippen molar-refractivity contribution in [1.29, 1.82) is 0 Å². The lowest BCUT2D eigenvalue weighted by molar-refractivity contribution is 0.143. The molecule has 5 heteroatoms. The largest absolute Gasteiger partial charge is 0.490 e. The summed E-state index contributed by atoms with van der Waals surface area (Å²) in [5, 5.41) is 0. The Morgan fingerprint density at radius 1 is 1.38 bits per heavy atom. The van der Waals surface area contributed by atoms with Gasteiger partial charge in [0.15, 0.2) is 6.10 Å². The van der Waals surface area contributed by atoms with Crippen molar-refractivity contribution >= 4 is 0 Å². The molecule has 2 heterocycles. The van der Waals surface area contributed by atoms with Gasteiger partial charge in [0.05, 0.1) is 6.54 Å². The minimum Gasteiger partial charge on any atom is -0.490 e. The second-order valence-electron chi connectivity index (χ2n) is 7.38. The molecule has 0 saturated carbocycles. The molecule has 1 aromatic carbocycles. The highest BCUT2D eigenvalue weighted by molar-refractivity contribution is 5.43. The first-order valence-electron chi connectivity index (χ1n) is 8.44. The minimum absolute atomic E-state index is 0.123. The molecule has 1 aliphatic carbocycles. The Bertz CT molecular complexity index is 854. The van der Waals surface area contributed by atoms with Gasteiger partial charge < -0.3 is 9.47 Å². The summed E-state index contributed by atoms with van der Waals surface area (Å²) in [7, 11) is 0. The number of fused-ring (bicyclic) bond motifs is 2. The molecule has 0 bridgehead atoms. The van der Waals surface area contributed by atoms with Crippen LogP contribution in [0.5, 0.6) is 11.8 Å². The highest BCUT2D eigenvalue weighted by atomic mass is 16.6. The van der Waals surface area contributed by atoms with Crippen molar-refractivity contribution in [1.82, 2.24) is 9.55 Å². The standard InChI is InChI=1S/C19H22N2O3/c1-12-8-17(22)20-18-21(12)10-15(24-18)11-23-14-4-5-16-13(9-14)6-7-19(16,2)3/h4-5,8-9,15H,6-7,10-11H2,1-3H3/t15-/m0/s1. The van der Waals surface area contributed by atoms with Gasteiger partial charge in [0.25, 0.3) is 11.6 Å². The molecule has 0 N–H and O–H groups in total. The zero-order valence-electron chi connectivity index (χ0n) is 14.3. The summed E-state index contributed by atoms with van der Waals surface area (Å²) in [6.07, 6.45) is 2.17. The van der Waals surface area contributed by atoms with E-state index in [0.29, 0.717) is 19.2 Å². The van der Waals surface area contributed by atoms with E-state index in [9.17, 15) is 4.79 Å². The fraction of sp³-hybridized carbons (Fsp3) is 0.474. The Morgan fingerprint density at radius 2 is 2.21 bits per heavy atom. The molecule has 126 valence electrons. The Morgan fingerprint density at radius 3 is 3.04 bits per heavy atom. The van der Waals surface area contributed by atoms with Gasteiger partial charge in [0.2, 0.25) is 0 Å². The summed E-state index contributed by atoms with van der Waals surface area (Å²) < 4.78 is 13.6. The minimum atomic E-state index is -0.262. The van der Waals surface area contributed by atoms with E-state index in [2.05, 4.69) is 31.0 Å². The van der Waals surface area contributed by atoms with Crippen molar-refractivity contribution in [2.45, 2.75) is 51.7 Å². The van der Waals surface area contributed by atoms with E-state index in [1.807, 2.05) is 17.6 Å². The van der Waals surface area contributed by atoms with Crippen LogP contribution in [-0.4, -0.2) is 22.3 Å². The van der Waals surface area contributed by atoms with Crippen molar-refractivity contribution in [2.24, 2.45) is 0 Å². The maximum Gasteiger partial charge on any atom is 0.300 e. The SMILES string of the molecule is Cc1cc(=O)nc2n1C[C@@H](COc1ccc3c(c1)CCC3(C)C)O2. The van der Waals surface area contributed by atoms with Gasteiger partial charge in [-0.25, -0.2) is 0 Å². The van der Waals surface area contributed by atoms with Crippen molar-refractivity contribution in [3.05, 3.63) is 51.4 Å². The maximum atomic E-state index is 11.5. The van der Waals surface area contributed by atoms with E-state index >= 15 is 0 Å². The van der Waals surface area contributed by atoms with Gasteiger partial charge in [-0.15, -0.1) is 0 Å². The van der Waals surface area contributed by atoms with Crippen molar-refractivity contribution in [2.75, 3.05) is 6.61 Å². The van der Waals surface area contributed by atoms with Crippen LogP contribution in [0.1, 0.15) is 37.1 Å². The van der Waals surface area contributed by atoms with Gasteiger partial charge in [0, 0.05) is 11.8 Å². The summed E-state index contributed by atoms with van der Waals surface area (Å²) in [5.74, 6) is 0.880. The predicted octanol–water partition coefficient (Wildman–Crippen LogP) is 2.62. The quantitative estimate of drug-likeness (QED) is 0.870. The van der Waals surface area contributed by atoms with Crippen molar-refractivity contribution in [3.8, 4) is 11.8 Å². The van der Waals surface area contributed by atoms with Gasteiger partial charge in [-0.2, -0.15) is 4.98 Å². The highest BCUT2D eigenvalue weighted by Gasteiger charge is 2.30. The Balaban J connectivity index is 1.44. The third-order valence-electron chi connectivity index (χ3n) is 5.11. The molecule has 0 radical (unpaired) electrons. The zero-order chi connectivity index (χ0) is 16.9. The fourth-order valence-corrected chi connectivity index (χ4v) is 3.68. The van der Waals surface area contributed by atoms with Gasteiger partial charge in [0.1, 0.15) is 12.4 Å². The first-order valence-corrected chi connectivity index (χ1v) is 8.44. The second kappa shape index (κ2) is 5.36. The number of ether oxygens (including phenoxy) is 2. The average molecular weight is 326 g/mol. The van der Waals surface area contributed by atoms with Crippen LogP contribution in [0.3, 0.4) is 0 Å². The summed E-state index contributed by atoms with van der Waals surface area (Å²) in [5.41, 5.74) is 3.68. The van der Waals surface area contributed by atoms with Crippen molar-refractivity contribution in [3.63, 3.8) is 0 Å². The second-order valence-corrected chi connectivity index (χ2v) is 7.38. The van der Waals surface area contributed by atoms with E-state index < -0.39 is 0 Å². The lowest BCUT2D eigenvalue weighted by Gasteiger charge is -2.19. The van der Waals surface area contributed by atoms with Gasteiger partial charge >= 0.3 is 0 Å². The molecule has 1 aromatic heterocycles. The number of nitrogens with zero attached hydrogens (tertiary/aromatic N) is 2. The number of aromatic nitrogens is 2. The summed E-state index contributed by atoms with van der Waals surface area (Å²) in [6.45, 7) is 7.58. The molecule has 0 spiro atoms. The van der Waals surface area contributed by atoms with Gasteiger partial charge in [-0.3, -0.25) is 9.36 Å². The Hall–Kier alpha value is -2.30. The summed E-state index contributed by atoms with van der Waals surface area (Å²) in [6, 6.07) is 8.30. The smallest absolute Gasteiger partial charge is 0.300 e. The normalized spacial score (nSPS) is 20.4. The third kappa shape index (κ3) is 2.58. The molecule has 0 fully saturated rings. The van der Waals surface area contributed by atoms with Crippen LogP contribution in [0, 0.1) is 6.92 Å². The monoisotopic (exact) mass is 326 g/mol. The van der Waals surface area contributed by atoms with Crippen LogP contribution in [0.2, 0.25) is 0 Å². The first kappa shape index (κ1) is 15.2.